The number of likely N-dealkylation sites (tertiary alicyclic amines) is 1. The molecular weight excluding hydrogens is 1020 g/mol. The van der Waals surface area contributed by atoms with Gasteiger partial charge in [0.2, 0.25) is 0 Å². The lowest BCUT2D eigenvalue weighted by Gasteiger charge is -2.48. The molecule has 1 saturated heterocycles. The van der Waals surface area contributed by atoms with Crippen LogP contribution < -0.4 is 21.1 Å². The van der Waals surface area contributed by atoms with Crippen molar-refractivity contribution in [3.8, 4) is 5.75 Å². The second kappa shape index (κ2) is 23.0. The average Bonchev–Trinajstić information content (AvgIpc) is 4.05. The lowest BCUT2D eigenvalue weighted by molar-refractivity contribution is -0.149. The van der Waals surface area contributed by atoms with Crippen LogP contribution in [0.2, 0.25) is 0 Å². The van der Waals surface area contributed by atoms with Gasteiger partial charge in [0, 0.05) is 60.1 Å². The molecule has 0 saturated carbocycles. The summed E-state index contributed by atoms with van der Waals surface area (Å²) in [5.41, 5.74) is 4.92. The van der Waals surface area contributed by atoms with E-state index in [9.17, 15) is 44.3 Å². The van der Waals surface area contributed by atoms with Crippen LogP contribution in [-0.4, -0.2) is 83.0 Å². The molecule has 3 aliphatic rings. The highest BCUT2D eigenvalue weighted by Gasteiger charge is 2.56. The van der Waals surface area contributed by atoms with Crippen molar-refractivity contribution < 1.29 is 53.8 Å². The van der Waals surface area contributed by atoms with Crippen LogP contribution in [0.4, 0.5) is 45.3 Å². The molecule has 3 aliphatic heterocycles. The van der Waals surface area contributed by atoms with E-state index in [1.807, 2.05) is 61.8 Å². The van der Waals surface area contributed by atoms with Crippen LogP contribution in [0.25, 0.3) is 21.8 Å². The Labute approximate surface area is 437 Å². The van der Waals surface area contributed by atoms with Crippen LogP contribution in [0, 0.1) is 0 Å². The van der Waals surface area contributed by atoms with E-state index in [1.165, 1.54) is 55.2 Å². The molecule has 1 amide bonds. The van der Waals surface area contributed by atoms with Crippen molar-refractivity contribution in [3.05, 3.63) is 215 Å². The number of carbonyl (C=O) groups is 1. The molecule has 20 heteroatoms. The zero-order valence-electron chi connectivity index (χ0n) is 41.7. The Morgan fingerprint density at radius 1 is 0.792 bits per heavy atom. The summed E-state index contributed by atoms with van der Waals surface area (Å²) in [6.07, 6.45) is 0.451. The molecule has 5 N–H and O–H groups in total. The van der Waals surface area contributed by atoms with Crippen molar-refractivity contribution in [2.24, 2.45) is 0 Å². The van der Waals surface area contributed by atoms with Gasteiger partial charge in [-0.15, -0.1) is 0 Å². The highest BCUT2D eigenvalue weighted by molar-refractivity contribution is 5.98. The third-order valence-corrected chi connectivity index (χ3v) is 13.4. The van der Waals surface area contributed by atoms with Gasteiger partial charge in [0.25, 0.3) is 5.91 Å². The molecule has 6 heterocycles. The number of dihydropyridines is 1. The van der Waals surface area contributed by atoms with E-state index >= 15 is 0 Å². The predicted molar refractivity (Wildman–Crippen MR) is 276 cm³/mol. The van der Waals surface area contributed by atoms with Gasteiger partial charge in [0.15, 0.2) is 5.72 Å². The zero-order valence-corrected chi connectivity index (χ0v) is 41.7. The number of hydrogen-bond acceptors (Lipinski definition) is 9. The number of para-hydroxylation sites is 1. The largest absolute Gasteiger partial charge is 0.495 e. The second-order valence-corrected chi connectivity index (χ2v) is 18.3. The summed E-state index contributed by atoms with van der Waals surface area (Å²) in [6.45, 7) is 1.17. The highest BCUT2D eigenvalue weighted by Crippen LogP contribution is 2.47. The maximum Gasteiger partial charge on any atom is 0.417 e. The van der Waals surface area contributed by atoms with E-state index in [4.69, 9.17) is 15.2 Å². The van der Waals surface area contributed by atoms with Gasteiger partial charge < -0.3 is 35.7 Å². The number of aromatic nitrogens is 3. The lowest BCUT2D eigenvalue weighted by Crippen LogP contribution is -2.59. The first-order valence-corrected chi connectivity index (χ1v) is 24.1. The average molecular weight is 1070 g/mol. The van der Waals surface area contributed by atoms with Gasteiger partial charge in [-0.05, 0) is 128 Å². The summed E-state index contributed by atoms with van der Waals surface area (Å²) >= 11 is 0. The third kappa shape index (κ3) is 12.6. The Morgan fingerprint density at radius 2 is 1.45 bits per heavy atom. The molecule has 4 aromatic carbocycles. The first-order valence-electron chi connectivity index (χ1n) is 24.1. The second-order valence-electron chi connectivity index (χ2n) is 18.3. The van der Waals surface area contributed by atoms with Crippen LogP contribution >= 0.6 is 0 Å². The fourth-order valence-corrected chi connectivity index (χ4v) is 9.63. The molecule has 0 aliphatic carbocycles. The Balaban J connectivity index is 0.000000172. The number of likely N-dealkylation sites (N-methyl/N-ethyl adjacent to an activating group) is 1. The predicted octanol–water partition coefficient (Wildman–Crippen LogP) is 12.5. The lowest BCUT2D eigenvalue weighted by atomic mass is 9.85. The van der Waals surface area contributed by atoms with Crippen molar-refractivity contribution in [1.29, 1.82) is 0 Å². The molecule has 3 aromatic heterocycles. The molecule has 7 aromatic rings. The number of rotatable bonds is 10. The summed E-state index contributed by atoms with van der Waals surface area (Å²) in [5.74, 6) is 0.703. The van der Waals surface area contributed by atoms with Crippen molar-refractivity contribution in [2.45, 2.75) is 55.2 Å². The molecular formula is C57H53F9N8O3. The number of hydrogen-bond donors (Lipinski definition) is 4. The SMILES string of the molecule is COC1(C(c2ccc(C(F)(F)F)cc2)N2C=C([C@@H]3CCCN3C)C=CC2)NC=CC=C1C(F)(F)F.COc1cccnc1[C@@H](NC(=O)c1ccc2cccnc2c1)c1ccc(C(F)(F)F)cc1.Nc1cc2ccccc2[nH]1. The molecule has 11 nitrogen and oxygen atoms in total. The number of carbonyl (C=O) groups excluding carboxylic acids is 1. The normalized spacial score (nSPS) is 18.5. The number of aromatic amines is 1. The Hall–Kier alpha value is -8.10. The minimum Gasteiger partial charge on any atom is -0.495 e. The number of nitrogens with two attached hydrogens (primary N) is 1. The zero-order chi connectivity index (χ0) is 55.1. The number of nitrogens with zero attached hydrogens (tertiary/aromatic N) is 4. The Morgan fingerprint density at radius 3 is 2.09 bits per heavy atom. The van der Waals surface area contributed by atoms with E-state index in [0.29, 0.717) is 28.1 Å². The van der Waals surface area contributed by atoms with Gasteiger partial charge in [-0.1, -0.05) is 66.7 Å². The molecule has 0 bridgehead atoms. The number of nitrogen functional groups attached to an aromatic ring is 1. The van der Waals surface area contributed by atoms with E-state index < -0.39 is 58.9 Å². The molecule has 402 valence electrons. The number of methoxy groups -OCH3 is 2. The van der Waals surface area contributed by atoms with Crippen molar-refractivity contribution in [1.82, 2.24) is 35.4 Å². The maximum absolute atomic E-state index is 14.2. The number of ether oxygens (including phenoxy) is 2. The summed E-state index contributed by atoms with van der Waals surface area (Å²) in [4.78, 5) is 28.6. The van der Waals surface area contributed by atoms with Crippen LogP contribution in [-0.2, 0) is 17.1 Å². The van der Waals surface area contributed by atoms with E-state index in [-0.39, 0.29) is 18.2 Å². The number of H-pyrrole nitrogens is 1. The highest BCUT2D eigenvalue weighted by atomic mass is 19.4. The number of benzene rings is 4. The Bertz CT molecular complexity index is 3260. The van der Waals surface area contributed by atoms with Crippen molar-refractivity contribution in [2.75, 3.05) is 40.1 Å². The van der Waals surface area contributed by atoms with Crippen LogP contribution in [0.5, 0.6) is 5.75 Å². The third-order valence-electron chi connectivity index (χ3n) is 13.4. The van der Waals surface area contributed by atoms with Gasteiger partial charge in [0.05, 0.1) is 29.3 Å². The van der Waals surface area contributed by atoms with Crippen LogP contribution in [0.3, 0.4) is 0 Å². The van der Waals surface area contributed by atoms with Gasteiger partial charge in [0.1, 0.15) is 29.3 Å². The van der Waals surface area contributed by atoms with Gasteiger partial charge >= 0.3 is 18.5 Å². The van der Waals surface area contributed by atoms with Crippen molar-refractivity contribution in [3.63, 3.8) is 0 Å². The number of nitrogens with one attached hydrogen (secondary N) is 3. The van der Waals surface area contributed by atoms with Gasteiger partial charge in [-0.2, -0.15) is 39.5 Å². The van der Waals surface area contributed by atoms with Crippen molar-refractivity contribution >= 4 is 33.5 Å². The Kier molecular flexibility index (Phi) is 16.5. The topological polar surface area (TPSA) is 134 Å². The van der Waals surface area contributed by atoms with Crippen LogP contribution in [0.15, 0.2) is 182 Å². The number of fused-ring (bicyclic) bond motifs is 2. The molecule has 4 atom stereocenters. The number of halogens is 9. The monoisotopic (exact) mass is 1070 g/mol. The standard InChI is InChI=1S/C25H27F6N3O.C24H18F3N3O2.C8H8N2/c1-33-14-5-7-20(33)18-6-4-15-34(16-18)22(17-9-11-19(12-10-17)24(26,27)28)23(35-2)21(25(29,30)31)8-3-13-32-23;1-32-20-5-3-13-29-22(20)21(16-8-10-18(11-9-16)24(25,26)27)30-23(31)17-7-6-15-4-2-12-28-19(15)14-17;9-8-5-6-3-1-2-4-7(6)10-8/h3-4,6,8-13,16,20,22,32H,5,7,14-15H2,1-2H3;2-14,21H,1H3,(H,30,31);1-5,10H,9H2/t20-,22?,23?;21-;/m00./s1. The van der Waals surface area contributed by atoms with E-state index in [1.54, 1.807) is 47.5 Å². The number of alkyl halides is 9. The van der Waals surface area contributed by atoms with Gasteiger partial charge in [-0.3, -0.25) is 19.7 Å². The number of amides is 1. The molecule has 0 radical (unpaired) electrons. The smallest absolute Gasteiger partial charge is 0.417 e. The maximum atomic E-state index is 14.2. The van der Waals surface area contributed by atoms with Crippen LogP contribution in [0.1, 0.15) is 63.2 Å². The molecule has 77 heavy (non-hydrogen) atoms. The fraction of sp³-hybridized carbons (Fsp3) is 0.246. The first kappa shape index (κ1) is 55.1. The summed E-state index contributed by atoms with van der Waals surface area (Å²) in [6, 6.07) is 29.0. The summed E-state index contributed by atoms with van der Waals surface area (Å²) in [7, 11) is 4.62. The minimum atomic E-state index is -4.75. The van der Waals surface area contributed by atoms with E-state index in [2.05, 4.69) is 30.5 Å². The quantitative estimate of drug-likeness (QED) is 0.0988. The summed E-state index contributed by atoms with van der Waals surface area (Å²) < 4.78 is 132. The van der Waals surface area contributed by atoms with E-state index in [0.717, 1.165) is 79.1 Å². The first-order chi connectivity index (χ1) is 36.7. The molecule has 2 unspecified atom stereocenters. The number of anilines is 1. The number of pyridine rings is 2. The summed E-state index contributed by atoms with van der Waals surface area (Å²) in [5, 5.41) is 7.68. The number of allylic oxidation sites excluding steroid dienone is 2. The molecule has 1 fully saturated rings. The van der Waals surface area contributed by atoms with Gasteiger partial charge in [-0.25, -0.2) is 0 Å². The molecule has 10 rings (SSSR count). The molecule has 0 spiro atoms. The fourth-order valence-electron chi connectivity index (χ4n) is 9.63. The minimum absolute atomic E-state index is 0.109.